The quantitative estimate of drug-likeness (QED) is 0.676. The zero-order valence-electron chi connectivity index (χ0n) is 8.72. The Bertz CT molecular complexity index is 131. The van der Waals surface area contributed by atoms with Crippen LogP contribution in [0, 0.1) is 17.8 Å². The highest BCUT2D eigenvalue weighted by atomic mass is 14.6. The highest BCUT2D eigenvalue weighted by molar-refractivity contribution is 4.81. The Labute approximate surface area is 76.7 Å². The second-order valence-corrected chi connectivity index (χ2v) is 4.75. The first kappa shape index (κ1) is 10.0. The van der Waals surface area contributed by atoms with Gasteiger partial charge in [0, 0.05) is 6.04 Å². The van der Waals surface area contributed by atoms with Crippen molar-refractivity contribution in [3.8, 4) is 0 Å². The van der Waals surface area contributed by atoms with E-state index in [2.05, 4.69) is 20.8 Å². The lowest BCUT2D eigenvalue weighted by Crippen LogP contribution is -2.34. The summed E-state index contributed by atoms with van der Waals surface area (Å²) >= 11 is 0. The average Bonchev–Trinajstić information content (AvgIpc) is 2.03. The van der Waals surface area contributed by atoms with Crippen LogP contribution in [-0.2, 0) is 0 Å². The minimum absolute atomic E-state index is 0.483. The highest BCUT2D eigenvalue weighted by Crippen LogP contribution is 2.34. The Kier molecular flexibility index (Phi) is 3.57. The fraction of sp³-hybridized carbons (Fsp3) is 1.00. The minimum atomic E-state index is 0.483. The maximum Gasteiger partial charge on any atom is 0.00442 e. The predicted molar refractivity (Wildman–Crippen MR) is 53.9 cm³/mol. The van der Waals surface area contributed by atoms with Crippen LogP contribution in [0.3, 0.4) is 0 Å². The molecular formula is C11H23N. The van der Waals surface area contributed by atoms with E-state index in [1.807, 2.05) is 0 Å². The van der Waals surface area contributed by atoms with Crippen LogP contribution in [0.25, 0.3) is 0 Å². The molecule has 0 saturated heterocycles. The van der Waals surface area contributed by atoms with Gasteiger partial charge in [0.15, 0.2) is 0 Å². The van der Waals surface area contributed by atoms with Crippen LogP contribution in [0.2, 0.25) is 0 Å². The summed E-state index contributed by atoms with van der Waals surface area (Å²) in [4.78, 5) is 0. The molecule has 0 aromatic carbocycles. The summed E-state index contributed by atoms with van der Waals surface area (Å²) in [6.45, 7) is 6.95. The molecule has 1 saturated carbocycles. The molecule has 1 aliphatic carbocycles. The molecule has 0 heterocycles. The van der Waals surface area contributed by atoms with Gasteiger partial charge in [-0.15, -0.1) is 0 Å². The summed E-state index contributed by atoms with van der Waals surface area (Å²) in [6.07, 6.45) is 5.26. The molecule has 3 atom stereocenters. The van der Waals surface area contributed by atoms with Gasteiger partial charge >= 0.3 is 0 Å². The van der Waals surface area contributed by atoms with Gasteiger partial charge in [-0.1, -0.05) is 27.2 Å². The largest absolute Gasteiger partial charge is 0.328 e. The maximum absolute atomic E-state index is 6.03. The summed E-state index contributed by atoms with van der Waals surface area (Å²) in [6, 6.07) is 0.483. The Morgan fingerprint density at radius 2 is 1.92 bits per heavy atom. The molecule has 1 aliphatic rings. The van der Waals surface area contributed by atoms with Crippen LogP contribution in [-0.4, -0.2) is 6.04 Å². The summed E-state index contributed by atoms with van der Waals surface area (Å²) in [5.74, 6) is 2.62. The molecule has 1 fully saturated rings. The second-order valence-electron chi connectivity index (χ2n) is 4.75. The van der Waals surface area contributed by atoms with Crippen molar-refractivity contribution in [3.05, 3.63) is 0 Å². The van der Waals surface area contributed by atoms with Gasteiger partial charge in [-0.05, 0) is 37.0 Å². The third kappa shape index (κ3) is 2.48. The lowest BCUT2D eigenvalue weighted by Gasteiger charge is -2.34. The van der Waals surface area contributed by atoms with Gasteiger partial charge in [0.25, 0.3) is 0 Å². The van der Waals surface area contributed by atoms with E-state index in [1.165, 1.54) is 25.7 Å². The van der Waals surface area contributed by atoms with E-state index in [9.17, 15) is 0 Å². The lowest BCUT2D eigenvalue weighted by atomic mass is 9.73. The molecule has 1 rings (SSSR count). The molecular weight excluding hydrogens is 146 g/mol. The van der Waals surface area contributed by atoms with Crippen molar-refractivity contribution in [1.29, 1.82) is 0 Å². The van der Waals surface area contributed by atoms with Crippen molar-refractivity contribution < 1.29 is 0 Å². The smallest absolute Gasteiger partial charge is 0.00442 e. The van der Waals surface area contributed by atoms with Gasteiger partial charge in [-0.3, -0.25) is 0 Å². The fourth-order valence-corrected chi connectivity index (χ4v) is 2.41. The third-order valence-corrected chi connectivity index (χ3v) is 3.40. The molecule has 0 spiro atoms. The van der Waals surface area contributed by atoms with Crippen LogP contribution in [0.1, 0.15) is 46.5 Å². The fourth-order valence-electron chi connectivity index (χ4n) is 2.41. The van der Waals surface area contributed by atoms with E-state index in [-0.39, 0.29) is 0 Å². The topological polar surface area (TPSA) is 26.0 Å². The number of hydrogen-bond donors (Lipinski definition) is 1. The summed E-state index contributed by atoms with van der Waals surface area (Å²) in [7, 11) is 0. The number of rotatable bonds is 2. The molecule has 1 nitrogen and oxygen atoms in total. The molecule has 0 aromatic rings. The summed E-state index contributed by atoms with van der Waals surface area (Å²) in [5, 5.41) is 0. The predicted octanol–water partition coefficient (Wildman–Crippen LogP) is 2.80. The molecule has 1 heteroatoms. The number of nitrogens with two attached hydrogens (primary N) is 1. The van der Waals surface area contributed by atoms with Gasteiger partial charge in [0.05, 0.1) is 0 Å². The minimum Gasteiger partial charge on any atom is -0.328 e. The molecule has 3 unspecified atom stereocenters. The molecule has 0 aromatic heterocycles. The van der Waals surface area contributed by atoms with Gasteiger partial charge in [-0.2, -0.15) is 0 Å². The third-order valence-electron chi connectivity index (χ3n) is 3.40. The van der Waals surface area contributed by atoms with Gasteiger partial charge < -0.3 is 5.73 Å². The first-order valence-electron chi connectivity index (χ1n) is 5.39. The Hall–Kier alpha value is -0.0400. The van der Waals surface area contributed by atoms with Crippen LogP contribution in [0.15, 0.2) is 0 Å². The summed E-state index contributed by atoms with van der Waals surface area (Å²) < 4.78 is 0. The van der Waals surface area contributed by atoms with E-state index in [0.717, 1.165) is 17.8 Å². The van der Waals surface area contributed by atoms with Crippen molar-refractivity contribution in [2.24, 2.45) is 23.5 Å². The van der Waals surface area contributed by atoms with Crippen molar-refractivity contribution in [2.75, 3.05) is 0 Å². The van der Waals surface area contributed by atoms with Gasteiger partial charge in [0.2, 0.25) is 0 Å². The Balaban J connectivity index is 2.45. The van der Waals surface area contributed by atoms with Gasteiger partial charge in [0.1, 0.15) is 0 Å². The molecule has 0 bridgehead atoms. The van der Waals surface area contributed by atoms with E-state index in [1.54, 1.807) is 0 Å². The number of hydrogen-bond acceptors (Lipinski definition) is 1. The standard InChI is InChI=1S/C11H23N/c1-4-9-5-10(8(2)3)7-11(12)6-9/h8-11H,4-7,12H2,1-3H3. The lowest BCUT2D eigenvalue weighted by molar-refractivity contribution is 0.190. The second kappa shape index (κ2) is 4.27. The highest BCUT2D eigenvalue weighted by Gasteiger charge is 2.27. The van der Waals surface area contributed by atoms with E-state index >= 15 is 0 Å². The van der Waals surface area contributed by atoms with Crippen molar-refractivity contribution in [1.82, 2.24) is 0 Å². The first-order valence-corrected chi connectivity index (χ1v) is 5.39. The molecule has 0 radical (unpaired) electrons. The Morgan fingerprint density at radius 1 is 1.25 bits per heavy atom. The van der Waals surface area contributed by atoms with Crippen LogP contribution in [0.5, 0.6) is 0 Å². The molecule has 0 aliphatic heterocycles. The van der Waals surface area contributed by atoms with E-state index < -0.39 is 0 Å². The monoisotopic (exact) mass is 169 g/mol. The van der Waals surface area contributed by atoms with E-state index in [0.29, 0.717) is 6.04 Å². The zero-order chi connectivity index (χ0) is 9.14. The maximum atomic E-state index is 6.03. The van der Waals surface area contributed by atoms with Gasteiger partial charge in [-0.25, -0.2) is 0 Å². The van der Waals surface area contributed by atoms with Crippen LogP contribution >= 0.6 is 0 Å². The van der Waals surface area contributed by atoms with Crippen LogP contribution < -0.4 is 5.73 Å². The average molecular weight is 169 g/mol. The van der Waals surface area contributed by atoms with Crippen molar-refractivity contribution in [3.63, 3.8) is 0 Å². The summed E-state index contributed by atoms with van der Waals surface area (Å²) in [5.41, 5.74) is 6.03. The van der Waals surface area contributed by atoms with Crippen molar-refractivity contribution in [2.45, 2.75) is 52.5 Å². The molecule has 72 valence electrons. The first-order chi connectivity index (χ1) is 5.63. The normalized spacial score (nSPS) is 37.2. The molecule has 12 heavy (non-hydrogen) atoms. The Morgan fingerprint density at radius 3 is 2.42 bits per heavy atom. The van der Waals surface area contributed by atoms with Crippen LogP contribution in [0.4, 0.5) is 0 Å². The van der Waals surface area contributed by atoms with Crippen molar-refractivity contribution >= 4 is 0 Å². The molecule has 0 amide bonds. The molecule has 2 N–H and O–H groups in total. The zero-order valence-corrected chi connectivity index (χ0v) is 8.72. The van der Waals surface area contributed by atoms with E-state index in [4.69, 9.17) is 5.73 Å². The SMILES string of the molecule is CCC1CC(N)CC(C(C)C)C1.